The van der Waals surface area contributed by atoms with Crippen LogP contribution in [0.25, 0.3) is 120 Å². The number of thiophene rings is 1. The molecular formula is C58H36N4S. The lowest BCUT2D eigenvalue weighted by Gasteiger charge is -2.14. The van der Waals surface area contributed by atoms with Crippen LogP contribution in [0, 0.1) is 0 Å². The molecule has 0 N–H and O–H groups in total. The highest BCUT2D eigenvalue weighted by molar-refractivity contribution is 7.25. The van der Waals surface area contributed by atoms with Crippen molar-refractivity contribution in [2.24, 2.45) is 0 Å². The molecule has 13 aromatic rings. The van der Waals surface area contributed by atoms with E-state index in [2.05, 4.69) is 219 Å². The van der Waals surface area contributed by atoms with Gasteiger partial charge in [-0.3, -0.25) is 4.57 Å². The number of benzene rings is 9. The second kappa shape index (κ2) is 14.2. The predicted molar refractivity (Wildman–Crippen MR) is 265 cm³/mol. The van der Waals surface area contributed by atoms with Gasteiger partial charge in [-0.1, -0.05) is 121 Å². The van der Waals surface area contributed by atoms with Crippen LogP contribution in [-0.2, 0) is 0 Å². The first-order chi connectivity index (χ1) is 31.2. The average molecular weight is 821 g/mol. The highest BCUT2D eigenvalue weighted by Gasteiger charge is 2.18. The van der Waals surface area contributed by atoms with E-state index in [1.54, 1.807) is 12.4 Å². The van der Waals surface area contributed by atoms with Gasteiger partial charge in [-0.2, -0.15) is 0 Å². The Morgan fingerprint density at radius 3 is 1.25 bits per heavy atom. The smallest absolute Gasteiger partial charge is 0.234 e. The SMILES string of the molecule is c1ccc(-c2cc(-c3ccccc3)cc(-n3c4ccccc4c4cc(-c5ccc6sc7ccc(-c8ccc9c(c8)c8ccccc8n9-c8ncccn8)cc7c6c5)ccc43)c2)cc1. The minimum absolute atomic E-state index is 0.675. The molecule has 0 aliphatic rings. The van der Waals surface area contributed by atoms with E-state index in [-0.39, 0.29) is 0 Å². The fourth-order valence-corrected chi connectivity index (χ4v) is 10.7. The molecule has 4 nitrogen and oxygen atoms in total. The van der Waals surface area contributed by atoms with Crippen molar-refractivity contribution >= 4 is 75.1 Å². The van der Waals surface area contributed by atoms with Crippen LogP contribution >= 0.6 is 11.3 Å². The molecule has 294 valence electrons. The molecule has 9 aromatic carbocycles. The minimum Gasteiger partial charge on any atom is -0.309 e. The Hall–Kier alpha value is -8.12. The summed E-state index contributed by atoms with van der Waals surface area (Å²) in [6.07, 6.45) is 3.60. The lowest BCUT2D eigenvalue weighted by atomic mass is 9.98. The van der Waals surface area contributed by atoms with Crippen LogP contribution in [0.2, 0.25) is 0 Å². The number of rotatable bonds is 6. The summed E-state index contributed by atoms with van der Waals surface area (Å²) >= 11 is 1.86. The van der Waals surface area contributed by atoms with E-state index in [1.165, 1.54) is 97.3 Å². The van der Waals surface area contributed by atoms with Crippen molar-refractivity contribution in [3.8, 4) is 56.1 Å². The lowest BCUT2D eigenvalue weighted by Crippen LogP contribution is -1.99. The van der Waals surface area contributed by atoms with Crippen LogP contribution in [-0.4, -0.2) is 19.1 Å². The average Bonchev–Trinajstić information content (AvgIpc) is 4.01. The van der Waals surface area contributed by atoms with Gasteiger partial charge in [0.05, 0.1) is 22.1 Å². The summed E-state index contributed by atoms with van der Waals surface area (Å²) in [4.78, 5) is 9.21. The Balaban J connectivity index is 0.929. The quantitative estimate of drug-likeness (QED) is 0.167. The van der Waals surface area contributed by atoms with Gasteiger partial charge in [-0.15, -0.1) is 11.3 Å². The Morgan fingerprint density at radius 2 is 0.714 bits per heavy atom. The van der Waals surface area contributed by atoms with Crippen LogP contribution in [0.15, 0.2) is 219 Å². The Morgan fingerprint density at radius 1 is 0.286 bits per heavy atom. The van der Waals surface area contributed by atoms with Crippen LogP contribution in [0.4, 0.5) is 0 Å². The third-order valence-electron chi connectivity index (χ3n) is 12.6. The molecule has 4 heterocycles. The summed E-state index contributed by atoms with van der Waals surface area (Å²) in [6, 6.07) is 75.3. The third kappa shape index (κ3) is 5.82. The first-order valence-corrected chi connectivity index (χ1v) is 22.1. The van der Waals surface area contributed by atoms with Crippen LogP contribution < -0.4 is 0 Å². The normalized spacial score (nSPS) is 11.8. The maximum atomic E-state index is 4.61. The molecule has 0 unspecified atom stereocenters. The molecule has 4 aromatic heterocycles. The molecule has 0 saturated heterocycles. The van der Waals surface area contributed by atoms with Gasteiger partial charge in [0.25, 0.3) is 0 Å². The number of fused-ring (bicyclic) bond motifs is 9. The fourth-order valence-electron chi connectivity index (χ4n) is 9.68. The van der Waals surface area contributed by atoms with E-state index in [0.717, 1.165) is 16.7 Å². The largest absolute Gasteiger partial charge is 0.309 e. The van der Waals surface area contributed by atoms with Crippen molar-refractivity contribution < 1.29 is 0 Å². The molecule has 0 atom stereocenters. The Kier molecular flexibility index (Phi) is 8.05. The van der Waals surface area contributed by atoms with Crippen molar-refractivity contribution in [1.82, 2.24) is 19.1 Å². The molecule has 0 aliphatic heterocycles. The van der Waals surface area contributed by atoms with Crippen molar-refractivity contribution in [1.29, 1.82) is 0 Å². The number of hydrogen-bond donors (Lipinski definition) is 0. The first kappa shape index (κ1) is 35.6. The maximum Gasteiger partial charge on any atom is 0.234 e. The first-order valence-electron chi connectivity index (χ1n) is 21.3. The van der Waals surface area contributed by atoms with Gasteiger partial charge in [0.15, 0.2) is 0 Å². The molecule has 0 amide bonds. The molecule has 13 rings (SSSR count). The van der Waals surface area contributed by atoms with Gasteiger partial charge in [0.2, 0.25) is 5.95 Å². The molecule has 0 spiro atoms. The van der Waals surface area contributed by atoms with Gasteiger partial charge in [0.1, 0.15) is 0 Å². The van der Waals surface area contributed by atoms with E-state index in [4.69, 9.17) is 0 Å². The van der Waals surface area contributed by atoms with Gasteiger partial charge < -0.3 is 4.57 Å². The highest BCUT2D eigenvalue weighted by Crippen LogP contribution is 2.42. The fraction of sp³-hybridized carbons (Fsp3) is 0. The molecule has 0 aliphatic carbocycles. The number of aromatic nitrogens is 4. The monoisotopic (exact) mass is 820 g/mol. The number of para-hydroxylation sites is 2. The summed E-state index contributed by atoms with van der Waals surface area (Å²) in [5.74, 6) is 0.675. The number of nitrogens with zero attached hydrogens (tertiary/aromatic N) is 4. The maximum absolute atomic E-state index is 4.61. The Labute approximate surface area is 367 Å². The highest BCUT2D eigenvalue weighted by atomic mass is 32.1. The Bertz CT molecular complexity index is 3840. The van der Waals surface area contributed by atoms with Gasteiger partial charge in [-0.05, 0) is 129 Å². The summed E-state index contributed by atoms with van der Waals surface area (Å²) in [5, 5.41) is 7.41. The van der Waals surface area contributed by atoms with E-state index in [9.17, 15) is 0 Å². The van der Waals surface area contributed by atoms with Crippen molar-refractivity contribution in [3.05, 3.63) is 219 Å². The van der Waals surface area contributed by atoms with Gasteiger partial charge in [-0.25, -0.2) is 9.97 Å². The zero-order valence-corrected chi connectivity index (χ0v) is 34.8. The van der Waals surface area contributed by atoms with Crippen LogP contribution in [0.3, 0.4) is 0 Å². The van der Waals surface area contributed by atoms with Crippen molar-refractivity contribution in [2.75, 3.05) is 0 Å². The zero-order valence-electron chi connectivity index (χ0n) is 34.0. The molecule has 0 radical (unpaired) electrons. The van der Waals surface area contributed by atoms with E-state index < -0.39 is 0 Å². The van der Waals surface area contributed by atoms with Crippen molar-refractivity contribution in [3.63, 3.8) is 0 Å². The number of hydrogen-bond acceptors (Lipinski definition) is 3. The summed E-state index contributed by atoms with van der Waals surface area (Å²) in [7, 11) is 0. The van der Waals surface area contributed by atoms with Crippen LogP contribution in [0.5, 0.6) is 0 Å². The second-order valence-electron chi connectivity index (χ2n) is 16.2. The standard InChI is InChI=1S/C58H36N4S/c1-3-12-37(13-4-1)43-30-44(38-14-5-2-6-15-38)32-45(31-43)61-52-18-9-7-16-46(52)48-33-39(20-24-54(48)61)41-22-26-56-50(35-41)51-36-42(23-27-57(51)63-56)40-21-25-55-49(34-40)47-17-8-10-19-53(47)62(55)58-59-28-11-29-60-58/h1-36H. The van der Waals surface area contributed by atoms with E-state index in [0.29, 0.717) is 5.95 Å². The minimum atomic E-state index is 0.675. The molecule has 0 saturated carbocycles. The van der Waals surface area contributed by atoms with E-state index >= 15 is 0 Å². The second-order valence-corrected chi connectivity index (χ2v) is 17.3. The predicted octanol–water partition coefficient (Wildman–Crippen LogP) is 15.7. The zero-order chi connectivity index (χ0) is 41.4. The molecular weight excluding hydrogens is 785 g/mol. The van der Waals surface area contributed by atoms with Crippen LogP contribution in [0.1, 0.15) is 0 Å². The van der Waals surface area contributed by atoms with Crippen molar-refractivity contribution in [2.45, 2.75) is 0 Å². The molecule has 0 fully saturated rings. The molecule has 63 heavy (non-hydrogen) atoms. The summed E-state index contributed by atoms with van der Waals surface area (Å²) in [6.45, 7) is 0. The summed E-state index contributed by atoms with van der Waals surface area (Å²) in [5.41, 5.74) is 15.3. The lowest BCUT2D eigenvalue weighted by molar-refractivity contribution is 0.988. The third-order valence-corrected chi connectivity index (χ3v) is 13.8. The molecule has 0 bridgehead atoms. The summed E-state index contributed by atoms with van der Waals surface area (Å²) < 4.78 is 7.18. The van der Waals surface area contributed by atoms with Gasteiger partial charge >= 0.3 is 0 Å². The van der Waals surface area contributed by atoms with E-state index in [1.807, 2.05) is 17.4 Å². The molecule has 5 heteroatoms. The topological polar surface area (TPSA) is 35.6 Å². The van der Waals surface area contributed by atoms with Gasteiger partial charge in [0, 0.05) is 59.8 Å².